The molecular weight excluding hydrogens is 282 g/mol. The standard InChI is InChI=1S/C17H24ClN3/c1-3-19-11-14(9-15-12-20-21(4-2)13-15)10-16-7-5-6-8-17(16)18/h5-8,12-14,19H,3-4,9-11H2,1-2H3. The van der Waals surface area contributed by atoms with Gasteiger partial charge in [-0.2, -0.15) is 5.10 Å². The van der Waals surface area contributed by atoms with Gasteiger partial charge in [-0.1, -0.05) is 36.7 Å². The fourth-order valence-electron chi connectivity index (χ4n) is 2.56. The molecule has 1 atom stereocenters. The van der Waals surface area contributed by atoms with Gasteiger partial charge in [-0.25, -0.2) is 0 Å². The van der Waals surface area contributed by atoms with E-state index in [1.54, 1.807) is 0 Å². The predicted octanol–water partition coefficient (Wildman–Crippen LogP) is 3.57. The van der Waals surface area contributed by atoms with Gasteiger partial charge in [0.1, 0.15) is 0 Å². The predicted molar refractivity (Wildman–Crippen MR) is 88.8 cm³/mol. The van der Waals surface area contributed by atoms with Gasteiger partial charge < -0.3 is 5.32 Å². The number of nitrogens with zero attached hydrogens (tertiary/aromatic N) is 2. The van der Waals surface area contributed by atoms with E-state index in [9.17, 15) is 0 Å². The normalized spacial score (nSPS) is 12.5. The van der Waals surface area contributed by atoms with Crippen molar-refractivity contribution in [3.63, 3.8) is 0 Å². The minimum absolute atomic E-state index is 0.527. The summed E-state index contributed by atoms with van der Waals surface area (Å²) in [7, 11) is 0. The number of hydrogen-bond acceptors (Lipinski definition) is 2. The molecule has 0 aliphatic heterocycles. The van der Waals surface area contributed by atoms with Crippen LogP contribution in [0, 0.1) is 5.92 Å². The second-order valence-electron chi connectivity index (χ2n) is 5.38. The van der Waals surface area contributed by atoms with Crippen LogP contribution in [-0.4, -0.2) is 22.9 Å². The molecule has 0 saturated heterocycles. The first-order valence-corrected chi connectivity index (χ1v) is 8.06. The number of nitrogens with one attached hydrogen (secondary N) is 1. The van der Waals surface area contributed by atoms with Gasteiger partial charge in [0.05, 0.1) is 6.20 Å². The van der Waals surface area contributed by atoms with Gasteiger partial charge in [-0.3, -0.25) is 4.68 Å². The Morgan fingerprint density at radius 2 is 2.05 bits per heavy atom. The summed E-state index contributed by atoms with van der Waals surface area (Å²) in [5.74, 6) is 0.527. The Morgan fingerprint density at radius 1 is 1.24 bits per heavy atom. The molecule has 0 radical (unpaired) electrons. The van der Waals surface area contributed by atoms with Gasteiger partial charge in [-0.15, -0.1) is 0 Å². The van der Waals surface area contributed by atoms with Gasteiger partial charge in [0.2, 0.25) is 0 Å². The summed E-state index contributed by atoms with van der Waals surface area (Å²) in [6.07, 6.45) is 6.14. The van der Waals surface area contributed by atoms with Crippen LogP contribution >= 0.6 is 11.6 Å². The van der Waals surface area contributed by atoms with Crippen molar-refractivity contribution in [3.8, 4) is 0 Å². The lowest BCUT2D eigenvalue weighted by atomic mass is 9.93. The molecule has 3 nitrogen and oxygen atoms in total. The van der Waals surface area contributed by atoms with E-state index in [-0.39, 0.29) is 0 Å². The third kappa shape index (κ3) is 4.87. The molecule has 0 fully saturated rings. The molecule has 1 aromatic heterocycles. The maximum atomic E-state index is 6.30. The molecular formula is C17H24ClN3. The Morgan fingerprint density at radius 3 is 2.71 bits per heavy atom. The van der Waals surface area contributed by atoms with Crippen LogP contribution in [0.25, 0.3) is 0 Å². The first kappa shape index (κ1) is 16.1. The van der Waals surface area contributed by atoms with Crippen molar-refractivity contribution in [2.45, 2.75) is 33.2 Å². The summed E-state index contributed by atoms with van der Waals surface area (Å²) in [5, 5.41) is 8.69. The summed E-state index contributed by atoms with van der Waals surface area (Å²) >= 11 is 6.30. The van der Waals surface area contributed by atoms with Gasteiger partial charge in [0.15, 0.2) is 0 Å². The van der Waals surface area contributed by atoms with Gasteiger partial charge in [-0.05, 0) is 56.0 Å². The molecule has 1 aromatic carbocycles. The zero-order chi connectivity index (χ0) is 15.1. The SMILES string of the molecule is CCNCC(Cc1cnn(CC)c1)Cc1ccccc1Cl. The monoisotopic (exact) mass is 305 g/mol. The van der Waals surface area contributed by atoms with E-state index in [2.05, 4.69) is 42.6 Å². The molecule has 0 bridgehead atoms. The third-order valence-electron chi connectivity index (χ3n) is 3.68. The first-order chi connectivity index (χ1) is 10.2. The molecule has 0 aliphatic rings. The number of aryl methyl sites for hydroxylation is 1. The number of halogens is 1. The highest BCUT2D eigenvalue weighted by Crippen LogP contribution is 2.21. The number of benzene rings is 1. The van der Waals surface area contributed by atoms with Crippen LogP contribution in [0.1, 0.15) is 25.0 Å². The van der Waals surface area contributed by atoms with E-state index in [1.165, 1.54) is 11.1 Å². The molecule has 0 spiro atoms. The lowest BCUT2D eigenvalue weighted by Crippen LogP contribution is -2.25. The average molecular weight is 306 g/mol. The highest BCUT2D eigenvalue weighted by atomic mass is 35.5. The molecule has 114 valence electrons. The van der Waals surface area contributed by atoms with Crippen molar-refractivity contribution in [1.82, 2.24) is 15.1 Å². The third-order valence-corrected chi connectivity index (χ3v) is 4.05. The highest BCUT2D eigenvalue weighted by molar-refractivity contribution is 6.31. The average Bonchev–Trinajstić information content (AvgIpc) is 2.94. The summed E-state index contributed by atoms with van der Waals surface area (Å²) < 4.78 is 1.98. The number of aromatic nitrogens is 2. The number of rotatable bonds is 8. The Hall–Kier alpha value is -1.32. The lowest BCUT2D eigenvalue weighted by Gasteiger charge is -2.17. The Bertz CT molecular complexity index is 550. The van der Waals surface area contributed by atoms with Crippen LogP contribution < -0.4 is 5.32 Å². The number of hydrogen-bond donors (Lipinski definition) is 1. The van der Waals surface area contributed by atoms with Gasteiger partial charge >= 0.3 is 0 Å². The van der Waals surface area contributed by atoms with Crippen LogP contribution in [0.4, 0.5) is 0 Å². The molecule has 0 saturated carbocycles. The Balaban J connectivity index is 2.05. The first-order valence-electron chi connectivity index (χ1n) is 7.68. The zero-order valence-corrected chi connectivity index (χ0v) is 13.6. The summed E-state index contributed by atoms with van der Waals surface area (Å²) in [5.41, 5.74) is 2.52. The molecule has 0 amide bonds. The minimum Gasteiger partial charge on any atom is -0.317 e. The maximum absolute atomic E-state index is 6.30. The molecule has 1 unspecified atom stereocenters. The second kappa shape index (κ2) is 8.20. The second-order valence-corrected chi connectivity index (χ2v) is 5.78. The molecule has 2 aromatic rings. The molecule has 4 heteroatoms. The van der Waals surface area contributed by atoms with E-state index < -0.39 is 0 Å². The van der Waals surface area contributed by atoms with E-state index in [0.29, 0.717) is 5.92 Å². The quantitative estimate of drug-likeness (QED) is 0.808. The van der Waals surface area contributed by atoms with Crippen molar-refractivity contribution in [1.29, 1.82) is 0 Å². The van der Waals surface area contributed by atoms with Crippen LogP contribution in [-0.2, 0) is 19.4 Å². The van der Waals surface area contributed by atoms with Crippen molar-refractivity contribution < 1.29 is 0 Å². The molecule has 21 heavy (non-hydrogen) atoms. The van der Waals surface area contributed by atoms with Crippen molar-refractivity contribution in [2.24, 2.45) is 5.92 Å². The van der Waals surface area contributed by atoms with E-state index in [4.69, 9.17) is 11.6 Å². The minimum atomic E-state index is 0.527. The Labute approximate surface area is 132 Å². The largest absolute Gasteiger partial charge is 0.317 e. The fourth-order valence-corrected chi connectivity index (χ4v) is 2.77. The molecule has 1 N–H and O–H groups in total. The van der Waals surface area contributed by atoms with Crippen LogP contribution in [0.15, 0.2) is 36.7 Å². The van der Waals surface area contributed by atoms with E-state index >= 15 is 0 Å². The highest BCUT2D eigenvalue weighted by Gasteiger charge is 2.13. The van der Waals surface area contributed by atoms with Gasteiger partial charge in [0, 0.05) is 17.8 Å². The lowest BCUT2D eigenvalue weighted by molar-refractivity contribution is 0.478. The van der Waals surface area contributed by atoms with Crippen LogP contribution in [0.5, 0.6) is 0 Å². The summed E-state index contributed by atoms with van der Waals surface area (Å²) in [4.78, 5) is 0. The van der Waals surface area contributed by atoms with E-state index in [0.717, 1.165) is 37.5 Å². The van der Waals surface area contributed by atoms with Crippen molar-refractivity contribution >= 4 is 11.6 Å². The summed E-state index contributed by atoms with van der Waals surface area (Å²) in [6.45, 7) is 7.16. The molecule has 1 heterocycles. The topological polar surface area (TPSA) is 29.9 Å². The van der Waals surface area contributed by atoms with Crippen molar-refractivity contribution in [3.05, 3.63) is 52.8 Å². The van der Waals surface area contributed by atoms with Crippen LogP contribution in [0.3, 0.4) is 0 Å². The molecule has 0 aliphatic carbocycles. The molecule has 2 rings (SSSR count). The van der Waals surface area contributed by atoms with E-state index in [1.807, 2.05) is 23.0 Å². The smallest absolute Gasteiger partial charge is 0.0521 e. The van der Waals surface area contributed by atoms with Gasteiger partial charge in [0.25, 0.3) is 0 Å². The fraction of sp³-hybridized carbons (Fsp3) is 0.471. The maximum Gasteiger partial charge on any atom is 0.0521 e. The zero-order valence-electron chi connectivity index (χ0n) is 12.8. The summed E-state index contributed by atoms with van der Waals surface area (Å²) in [6, 6.07) is 8.13. The van der Waals surface area contributed by atoms with Crippen molar-refractivity contribution in [2.75, 3.05) is 13.1 Å². The Kier molecular flexibility index (Phi) is 6.27. The van der Waals surface area contributed by atoms with Crippen LogP contribution in [0.2, 0.25) is 5.02 Å².